The summed E-state index contributed by atoms with van der Waals surface area (Å²) in [6.07, 6.45) is 1.07. The standard InChI is InChI=1S/C8H15N3S/c1-7-8(12-6-11-7)2-4-10-5-3-9/h6,10H,2-5,9H2,1H3. The molecule has 1 heterocycles. The predicted octanol–water partition coefficient (Wildman–Crippen LogP) is 0.542. The first-order valence-electron chi connectivity index (χ1n) is 4.14. The molecule has 0 aliphatic carbocycles. The fourth-order valence-corrected chi connectivity index (χ4v) is 1.78. The zero-order valence-corrected chi connectivity index (χ0v) is 8.16. The molecular formula is C8H15N3S. The van der Waals surface area contributed by atoms with Crippen molar-refractivity contribution in [1.82, 2.24) is 10.3 Å². The lowest BCUT2D eigenvalue weighted by molar-refractivity contribution is 0.690. The second-order valence-corrected chi connectivity index (χ2v) is 3.59. The number of hydrogen-bond donors (Lipinski definition) is 2. The van der Waals surface area contributed by atoms with Crippen molar-refractivity contribution in [1.29, 1.82) is 0 Å². The molecule has 68 valence electrons. The summed E-state index contributed by atoms with van der Waals surface area (Å²) in [7, 11) is 0. The SMILES string of the molecule is Cc1ncsc1CCNCCN. The van der Waals surface area contributed by atoms with Crippen LogP contribution in [0.1, 0.15) is 10.6 Å². The maximum absolute atomic E-state index is 5.35. The van der Waals surface area contributed by atoms with E-state index in [0.717, 1.165) is 25.2 Å². The number of nitrogens with zero attached hydrogens (tertiary/aromatic N) is 1. The van der Waals surface area contributed by atoms with Crippen LogP contribution in [0.3, 0.4) is 0 Å². The monoisotopic (exact) mass is 185 g/mol. The summed E-state index contributed by atoms with van der Waals surface area (Å²) in [4.78, 5) is 5.56. The van der Waals surface area contributed by atoms with Crippen LogP contribution in [-0.4, -0.2) is 24.6 Å². The Morgan fingerprint density at radius 3 is 3.00 bits per heavy atom. The molecule has 0 unspecified atom stereocenters. The van der Waals surface area contributed by atoms with Crippen molar-refractivity contribution in [3.05, 3.63) is 16.1 Å². The van der Waals surface area contributed by atoms with Gasteiger partial charge >= 0.3 is 0 Å². The van der Waals surface area contributed by atoms with Crippen LogP contribution in [-0.2, 0) is 6.42 Å². The van der Waals surface area contributed by atoms with E-state index in [0.29, 0.717) is 6.54 Å². The van der Waals surface area contributed by atoms with Crippen molar-refractivity contribution >= 4 is 11.3 Å². The molecule has 4 heteroatoms. The number of aromatic nitrogens is 1. The highest BCUT2D eigenvalue weighted by molar-refractivity contribution is 7.09. The van der Waals surface area contributed by atoms with E-state index in [9.17, 15) is 0 Å². The van der Waals surface area contributed by atoms with Gasteiger partial charge in [-0.1, -0.05) is 0 Å². The molecule has 0 amide bonds. The molecule has 0 aliphatic heterocycles. The van der Waals surface area contributed by atoms with Gasteiger partial charge in [-0.05, 0) is 13.3 Å². The van der Waals surface area contributed by atoms with Crippen molar-refractivity contribution in [3.63, 3.8) is 0 Å². The third-order valence-corrected chi connectivity index (χ3v) is 2.69. The molecule has 3 N–H and O–H groups in total. The molecule has 3 nitrogen and oxygen atoms in total. The molecule has 12 heavy (non-hydrogen) atoms. The van der Waals surface area contributed by atoms with Gasteiger partial charge in [-0.25, -0.2) is 4.98 Å². The van der Waals surface area contributed by atoms with Gasteiger partial charge in [-0.3, -0.25) is 0 Å². The van der Waals surface area contributed by atoms with Crippen molar-refractivity contribution in [2.45, 2.75) is 13.3 Å². The van der Waals surface area contributed by atoms with E-state index in [2.05, 4.69) is 17.2 Å². The summed E-state index contributed by atoms with van der Waals surface area (Å²) in [5.41, 5.74) is 8.40. The fraction of sp³-hybridized carbons (Fsp3) is 0.625. The molecule has 0 radical (unpaired) electrons. The third kappa shape index (κ3) is 2.89. The van der Waals surface area contributed by atoms with Crippen molar-refractivity contribution in [3.8, 4) is 0 Å². The molecule has 0 saturated carbocycles. The Kier molecular flexibility index (Phi) is 4.21. The van der Waals surface area contributed by atoms with E-state index in [4.69, 9.17) is 5.73 Å². The van der Waals surface area contributed by atoms with E-state index in [1.165, 1.54) is 4.88 Å². The van der Waals surface area contributed by atoms with Gasteiger partial charge in [0.2, 0.25) is 0 Å². The molecule has 0 bridgehead atoms. The second-order valence-electron chi connectivity index (χ2n) is 2.65. The van der Waals surface area contributed by atoms with Crippen LogP contribution in [0.5, 0.6) is 0 Å². The van der Waals surface area contributed by atoms with Gasteiger partial charge in [-0.15, -0.1) is 11.3 Å². The molecule has 0 aromatic carbocycles. The van der Waals surface area contributed by atoms with E-state index >= 15 is 0 Å². The summed E-state index contributed by atoms with van der Waals surface area (Å²) in [6, 6.07) is 0. The van der Waals surface area contributed by atoms with Gasteiger partial charge in [0.25, 0.3) is 0 Å². The Morgan fingerprint density at radius 1 is 1.58 bits per heavy atom. The summed E-state index contributed by atoms with van der Waals surface area (Å²) >= 11 is 1.73. The number of nitrogens with two attached hydrogens (primary N) is 1. The molecule has 0 fully saturated rings. The minimum absolute atomic E-state index is 0.710. The van der Waals surface area contributed by atoms with Gasteiger partial charge < -0.3 is 11.1 Å². The Labute approximate surface area is 77.0 Å². The van der Waals surface area contributed by atoms with Gasteiger partial charge in [0.05, 0.1) is 11.2 Å². The van der Waals surface area contributed by atoms with Gasteiger partial charge in [-0.2, -0.15) is 0 Å². The largest absolute Gasteiger partial charge is 0.329 e. The first kappa shape index (κ1) is 9.64. The quantitative estimate of drug-likeness (QED) is 0.658. The minimum Gasteiger partial charge on any atom is -0.329 e. The van der Waals surface area contributed by atoms with Crippen molar-refractivity contribution < 1.29 is 0 Å². The highest BCUT2D eigenvalue weighted by atomic mass is 32.1. The van der Waals surface area contributed by atoms with Crippen LogP contribution < -0.4 is 11.1 Å². The van der Waals surface area contributed by atoms with Crippen molar-refractivity contribution in [2.75, 3.05) is 19.6 Å². The van der Waals surface area contributed by atoms with Gasteiger partial charge in [0.1, 0.15) is 0 Å². The van der Waals surface area contributed by atoms with Crippen LogP contribution in [0.4, 0.5) is 0 Å². The Hall–Kier alpha value is -0.450. The maximum atomic E-state index is 5.35. The smallest absolute Gasteiger partial charge is 0.0797 e. The predicted molar refractivity (Wildman–Crippen MR) is 52.5 cm³/mol. The van der Waals surface area contributed by atoms with E-state index in [-0.39, 0.29) is 0 Å². The van der Waals surface area contributed by atoms with E-state index in [1.807, 2.05) is 5.51 Å². The summed E-state index contributed by atoms with van der Waals surface area (Å²) in [6.45, 7) is 4.66. The molecule has 0 spiro atoms. The zero-order valence-electron chi connectivity index (χ0n) is 7.34. The second kappa shape index (κ2) is 5.24. The summed E-state index contributed by atoms with van der Waals surface area (Å²) < 4.78 is 0. The molecule has 0 atom stereocenters. The average molecular weight is 185 g/mol. The van der Waals surface area contributed by atoms with Gasteiger partial charge in [0, 0.05) is 24.5 Å². The first-order chi connectivity index (χ1) is 5.84. The Bertz CT molecular complexity index is 222. The lowest BCUT2D eigenvalue weighted by Gasteiger charge is -2.00. The van der Waals surface area contributed by atoms with Crippen LogP contribution in [0.15, 0.2) is 5.51 Å². The Morgan fingerprint density at radius 2 is 2.42 bits per heavy atom. The molecule has 1 aromatic rings. The minimum atomic E-state index is 0.710. The molecular weight excluding hydrogens is 170 g/mol. The van der Waals surface area contributed by atoms with E-state index < -0.39 is 0 Å². The maximum Gasteiger partial charge on any atom is 0.0797 e. The lowest BCUT2D eigenvalue weighted by Crippen LogP contribution is -2.24. The molecule has 1 rings (SSSR count). The average Bonchev–Trinajstić information content (AvgIpc) is 2.46. The highest BCUT2D eigenvalue weighted by Gasteiger charge is 1.99. The molecule has 1 aromatic heterocycles. The topological polar surface area (TPSA) is 50.9 Å². The number of nitrogens with one attached hydrogen (secondary N) is 1. The lowest BCUT2D eigenvalue weighted by atomic mass is 10.3. The Balaban J connectivity index is 2.20. The summed E-state index contributed by atoms with van der Waals surface area (Å²) in [5.74, 6) is 0. The van der Waals surface area contributed by atoms with E-state index in [1.54, 1.807) is 11.3 Å². The number of thiazole rings is 1. The summed E-state index contributed by atoms with van der Waals surface area (Å²) in [5, 5.41) is 3.25. The number of aryl methyl sites for hydroxylation is 1. The molecule has 0 aliphatic rings. The number of rotatable bonds is 5. The highest BCUT2D eigenvalue weighted by Crippen LogP contribution is 2.11. The zero-order chi connectivity index (χ0) is 8.81. The van der Waals surface area contributed by atoms with Crippen LogP contribution in [0.2, 0.25) is 0 Å². The third-order valence-electron chi connectivity index (χ3n) is 1.69. The van der Waals surface area contributed by atoms with Gasteiger partial charge in [0.15, 0.2) is 0 Å². The van der Waals surface area contributed by atoms with Crippen molar-refractivity contribution in [2.24, 2.45) is 5.73 Å². The van der Waals surface area contributed by atoms with Crippen LogP contribution >= 0.6 is 11.3 Å². The van der Waals surface area contributed by atoms with Crippen LogP contribution in [0, 0.1) is 6.92 Å². The number of hydrogen-bond acceptors (Lipinski definition) is 4. The normalized spacial score (nSPS) is 10.5. The molecule has 0 saturated heterocycles. The first-order valence-corrected chi connectivity index (χ1v) is 5.02. The fourth-order valence-electron chi connectivity index (χ4n) is 0.995. The van der Waals surface area contributed by atoms with Crippen LogP contribution in [0.25, 0.3) is 0 Å².